The van der Waals surface area contributed by atoms with Crippen LogP contribution in [0.4, 0.5) is 4.39 Å². The number of benzene rings is 2. The van der Waals surface area contributed by atoms with Crippen molar-refractivity contribution in [2.75, 3.05) is 20.2 Å². The second kappa shape index (κ2) is 10.3. The second-order valence-electron chi connectivity index (χ2n) is 10.1. The molecule has 178 valence electrons. The van der Waals surface area contributed by atoms with Crippen molar-refractivity contribution in [1.82, 2.24) is 10.2 Å². The number of piperidine rings is 1. The molecule has 2 fully saturated rings. The summed E-state index contributed by atoms with van der Waals surface area (Å²) >= 11 is 0. The standard InChI is InChI=1S/C28H37FN2O2/c1-20(2)28(27(32)30-19-23-6-4-5-7-26(23)33-3)15-12-25(18-28)31-16-13-22(14-17-31)21-8-10-24(29)11-9-21/h4-11,20,22,25H,12-19H2,1-3H3,(H,30,32). The molecule has 33 heavy (non-hydrogen) atoms. The van der Waals surface area contributed by atoms with Crippen LogP contribution in [0.25, 0.3) is 0 Å². The van der Waals surface area contributed by atoms with Gasteiger partial charge in [-0.3, -0.25) is 4.79 Å². The number of nitrogens with one attached hydrogen (secondary N) is 1. The summed E-state index contributed by atoms with van der Waals surface area (Å²) in [6, 6.07) is 15.3. The highest BCUT2D eigenvalue weighted by Crippen LogP contribution is 2.47. The molecule has 4 rings (SSSR count). The summed E-state index contributed by atoms with van der Waals surface area (Å²) in [5.41, 5.74) is 1.93. The van der Waals surface area contributed by atoms with Gasteiger partial charge in [0, 0.05) is 18.2 Å². The Morgan fingerprint density at radius 1 is 1.12 bits per heavy atom. The lowest BCUT2D eigenvalue weighted by Crippen LogP contribution is -2.45. The molecule has 2 aliphatic rings. The number of carbonyl (C=O) groups excluding carboxylic acids is 1. The van der Waals surface area contributed by atoms with Crippen LogP contribution in [0.2, 0.25) is 0 Å². The predicted molar refractivity (Wildman–Crippen MR) is 130 cm³/mol. The highest BCUT2D eigenvalue weighted by molar-refractivity contribution is 5.83. The lowest BCUT2D eigenvalue weighted by Gasteiger charge is -2.38. The number of methoxy groups -OCH3 is 1. The first kappa shape index (κ1) is 23.7. The molecule has 0 radical (unpaired) electrons. The Bertz CT molecular complexity index is 937. The smallest absolute Gasteiger partial charge is 0.226 e. The van der Waals surface area contributed by atoms with Crippen molar-refractivity contribution in [3.05, 3.63) is 65.5 Å². The zero-order chi connectivity index (χ0) is 23.4. The highest BCUT2D eigenvalue weighted by atomic mass is 19.1. The van der Waals surface area contributed by atoms with E-state index >= 15 is 0 Å². The van der Waals surface area contributed by atoms with Crippen LogP contribution in [0.15, 0.2) is 48.5 Å². The molecule has 1 N–H and O–H groups in total. The number of hydrogen-bond donors (Lipinski definition) is 1. The number of nitrogens with zero attached hydrogens (tertiary/aromatic N) is 1. The van der Waals surface area contributed by atoms with Gasteiger partial charge in [0.05, 0.1) is 12.5 Å². The summed E-state index contributed by atoms with van der Waals surface area (Å²) in [6.07, 6.45) is 5.11. The van der Waals surface area contributed by atoms with Gasteiger partial charge in [0.15, 0.2) is 0 Å². The van der Waals surface area contributed by atoms with E-state index in [4.69, 9.17) is 4.74 Å². The van der Waals surface area contributed by atoms with Gasteiger partial charge in [-0.1, -0.05) is 44.2 Å². The largest absolute Gasteiger partial charge is 0.496 e. The summed E-state index contributed by atoms with van der Waals surface area (Å²) in [6.45, 7) is 6.95. The molecule has 1 saturated heterocycles. The molecule has 5 heteroatoms. The number of hydrogen-bond acceptors (Lipinski definition) is 3. The van der Waals surface area contributed by atoms with E-state index in [1.165, 1.54) is 5.56 Å². The van der Waals surface area contributed by atoms with Crippen molar-refractivity contribution in [3.8, 4) is 5.75 Å². The molecule has 1 amide bonds. The molecule has 2 unspecified atom stereocenters. The maximum absolute atomic E-state index is 13.5. The van der Waals surface area contributed by atoms with Crippen LogP contribution in [0.3, 0.4) is 0 Å². The lowest BCUT2D eigenvalue weighted by molar-refractivity contribution is -0.133. The minimum atomic E-state index is -0.319. The van der Waals surface area contributed by atoms with E-state index < -0.39 is 0 Å². The first-order valence-corrected chi connectivity index (χ1v) is 12.3. The fourth-order valence-electron chi connectivity index (χ4n) is 5.89. The van der Waals surface area contributed by atoms with Gasteiger partial charge in [-0.2, -0.15) is 0 Å². The van der Waals surface area contributed by atoms with Crippen molar-refractivity contribution in [2.45, 2.75) is 64.5 Å². The molecular formula is C28H37FN2O2. The fraction of sp³-hybridized carbons (Fsp3) is 0.536. The quantitative estimate of drug-likeness (QED) is 0.601. The highest BCUT2D eigenvalue weighted by Gasteiger charge is 2.49. The van der Waals surface area contributed by atoms with Crippen LogP contribution in [0.5, 0.6) is 5.75 Å². The van der Waals surface area contributed by atoms with Gasteiger partial charge in [-0.05, 0) is 80.8 Å². The molecule has 1 aliphatic heterocycles. The zero-order valence-corrected chi connectivity index (χ0v) is 20.1. The summed E-state index contributed by atoms with van der Waals surface area (Å²) in [4.78, 5) is 16.1. The third-order valence-corrected chi connectivity index (χ3v) is 8.10. The van der Waals surface area contributed by atoms with Gasteiger partial charge < -0.3 is 15.0 Å². The van der Waals surface area contributed by atoms with Gasteiger partial charge in [-0.15, -0.1) is 0 Å². The van der Waals surface area contributed by atoms with E-state index in [0.717, 1.165) is 56.5 Å². The van der Waals surface area contributed by atoms with Crippen LogP contribution in [-0.2, 0) is 11.3 Å². The molecule has 2 atom stereocenters. The summed E-state index contributed by atoms with van der Waals surface area (Å²) < 4.78 is 18.7. The number of halogens is 1. The number of likely N-dealkylation sites (tertiary alicyclic amines) is 1. The van der Waals surface area contributed by atoms with Crippen LogP contribution in [0, 0.1) is 17.2 Å². The van der Waals surface area contributed by atoms with E-state index in [2.05, 4.69) is 24.1 Å². The van der Waals surface area contributed by atoms with E-state index in [1.54, 1.807) is 19.2 Å². The lowest BCUT2D eigenvalue weighted by atomic mass is 9.74. The Kier molecular flexibility index (Phi) is 7.38. The topological polar surface area (TPSA) is 41.6 Å². The molecule has 1 saturated carbocycles. The van der Waals surface area contributed by atoms with Crippen molar-refractivity contribution in [2.24, 2.45) is 11.3 Å². The number of para-hydroxylation sites is 1. The number of ether oxygens (including phenoxy) is 1. The van der Waals surface area contributed by atoms with Crippen molar-refractivity contribution in [1.29, 1.82) is 0 Å². The van der Waals surface area contributed by atoms with Gasteiger partial charge in [-0.25, -0.2) is 4.39 Å². The molecular weight excluding hydrogens is 415 g/mol. The maximum atomic E-state index is 13.5. The number of amides is 1. The minimum Gasteiger partial charge on any atom is -0.496 e. The SMILES string of the molecule is COc1ccccc1CNC(=O)C1(C(C)C)CCC(N2CCC(c3ccc(F)cc3)CC2)C1. The molecule has 1 heterocycles. The van der Waals surface area contributed by atoms with E-state index in [1.807, 2.05) is 36.4 Å². The molecule has 2 aromatic carbocycles. The molecule has 0 spiro atoms. The Morgan fingerprint density at radius 2 is 1.82 bits per heavy atom. The van der Waals surface area contributed by atoms with E-state index in [0.29, 0.717) is 18.5 Å². The number of rotatable bonds is 7. The molecule has 4 nitrogen and oxygen atoms in total. The number of carbonyl (C=O) groups is 1. The van der Waals surface area contributed by atoms with Crippen LogP contribution in [-0.4, -0.2) is 37.0 Å². The molecule has 0 bridgehead atoms. The van der Waals surface area contributed by atoms with Crippen molar-refractivity contribution >= 4 is 5.91 Å². The van der Waals surface area contributed by atoms with Gasteiger partial charge in [0.2, 0.25) is 5.91 Å². The molecule has 2 aromatic rings. The fourth-order valence-corrected chi connectivity index (χ4v) is 5.89. The minimum absolute atomic E-state index is 0.170. The van der Waals surface area contributed by atoms with Crippen LogP contribution >= 0.6 is 0 Å². The van der Waals surface area contributed by atoms with E-state index in [9.17, 15) is 9.18 Å². The monoisotopic (exact) mass is 452 g/mol. The maximum Gasteiger partial charge on any atom is 0.226 e. The first-order chi connectivity index (χ1) is 15.9. The summed E-state index contributed by atoms with van der Waals surface area (Å²) in [5, 5.41) is 3.23. The van der Waals surface area contributed by atoms with Crippen LogP contribution in [0.1, 0.15) is 63.0 Å². The van der Waals surface area contributed by atoms with Crippen LogP contribution < -0.4 is 10.1 Å². The van der Waals surface area contributed by atoms with Gasteiger partial charge >= 0.3 is 0 Å². The Balaban J connectivity index is 1.36. The second-order valence-corrected chi connectivity index (χ2v) is 10.1. The summed E-state index contributed by atoms with van der Waals surface area (Å²) in [5.74, 6) is 1.60. The molecule has 0 aromatic heterocycles. The third kappa shape index (κ3) is 5.08. The first-order valence-electron chi connectivity index (χ1n) is 12.3. The van der Waals surface area contributed by atoms with Crippen molar-refractivity contribution in [3.63, 3.8) is 0 Å². The normalized spacial score (nSPS) is 24.2. The summed E-state index contributed by atoms with van der Waals surface area (Å²) in [7, 11) is 1.66. The molecule has 1 aliphatic carbocycles. The average molecular weight is 453 g/mol. The van der Waals surface area contributed by atoms with Crippen molar-refractivity contribution < 1.29 is 13.9 Å². The Morgan fingerprint density at radius 3 is 2.48 bits per heavy atom. The van der Waals surface area contributed by atoms with Gasteiger partial charge in [0.25, 0.3) is 0 Å². The third-order valence-electron chi connectivity index (χ3n) is 8.10. The zero-order valence-electron chi connectivity index (χ0n) is 20.1. The Labute approximate surface area is 197 Å². The Hall–Kier alpha value is -2.40. The van der Waals surface area contributed by atoms with Gasteiger partial charge in [0.1, 0.15) is 11.6 Å². The van der Waals surface area contributed by atoms with E-state index in [-0.39, 0.29) is 23.1 Å². The average Bonchev–Trinajstić information content (AvgIpc) is 3.30. The predicted octanol–water partition coefficient (Wildman–Crippen LogP) is 5.53.